The molecule has 2 aromatic carbocycles. The quantitative estimate of drug-likeness (QED) is 0.787. The van der Waals surface area contributed by atoms with Gasteiger partial charge in [0.15, 0.2) is 0 Å². The van der Waals surface area contributed by atoms with E-state index in [-0.39, 0.29) is 16.5 Å². The molecular formula is C20H23FN2O3S. The molecule has 0 bridgehead atoms. The Morgan fingerprint density at radius 1 is 1.04 bits per heavy atom. The highest BCUT2D eigenvalue weighted by Crippen LogP contribution is 2.26. The van der Waals surface area contributed by atoms with Crippen molar-refractivity contribution in [3.8, 4) is 0 Å². The number of carbonyl (C=O) groups is 1. The van der Waals surface area contributed by atoms with E-state index in [1.807, 2.05) is 6.92 Å². The van der Waals surface area contributed by atoms with Crippen LogP contribution in [0.4, 0.5) is 10.1 Å². The summed E-state index contributed by atoms with van der Waals surface area (Å²) >= 11 is 0. The van der Waals surface area contributed by atoms with Crippen molar-refractivity contribution in [2.75, 3.05) is 23.9 Å². The van der Waals surface area contributed by atoms with E-state index in [1.165, 1.54) is 30.3 Å². The molecule has 144 valence electrons. The summed E-state index contributed by atoms with van der Waals surface area (Å²) in [6.07, 6.45) is 2.86. The van der Waals surface area contributed by atoms with Crippen molar-refractivity contribution in [1.82, 2.24) is 4.90 Å². The first-order valence-electron chi connectivity index (χ1n) is 9.01. The molecule has 1 amide bonds. The highest BCUT2D eigenvalue weighted by Gasteiger charge is 2.30. The van der Waals surface area contributed by atoms with Crippen LogP contribution in [-0.4, -0.2) is 38.9 Å². The molecule has 7 heteroatoms. The number of nitrogens with zero attached hydrogens (tertiary/aromatic N) is 2. The minimum absolute atomic E-state index is 0.0304. The number of hydrogen-bond acceptors (Lipinski definition) is 3. The third-order valence-electron chi connectivity index (χ3n) is 4.72. The third-order valence-corrected chi connectivity index (χ3v) is 6.49. The molecule has 27 heavy (non-hydrogen) atoms. The van der Waals surface area contributed by atoms with Crippen LogP contribution in [-0.2, 0) is 14.8 Å². The summed E-state index contributed by atoms with van der Waals surface area (Å²) in [5, 5.41) is 0. The first-order valence-corrected chi connectivity index (χ1v) is 10.5. The number of halogens is 1. The molecule has 0 unspecified atom stereocenters. The lowest BCUT2D eigenvalue weighted by atomic mass is 10.1. The van der Waals surface area contributed by atoms with Crippen molar-refractivity contribution in [3.63, 3.8) is 0 Å². The highest BCUT2D eigenvalue weighted by molar-refractivity contribution is 7.92. The van der Waals surface area contributed by atoms with Crippen LogP contribution in [0.1, 0.15) is 24.8 Å². The van der Waals surface area contributed by atoms with E-state index in [9.17, 15) is 17.6 Å². The summed E-state index contributed by atoms with van der Waals surface area (Å²) in [5.41, 5.74) is 0.791. The Kier molecular flexibility index (Phi) is 5.79. The second-order valence-corrected chi connectivity index (χ2v) is 8.58. The van der Waals surface area contributed by atoms with Crippen LogP contribution in [0.5, 0.6) is 0 Å². The molecule has 0 saturated carbocycles. The molecule has 5 nitrogen and oxygen atoms in total. The topological polar surface area (TPSA) is 57.7 Å². The van der Waals surface area contributed by atoms with E-state index in [0.29, 0.717) is 13.1 Å². The first kappa shape index (κ1) is 19.4. The molecule has 0 aromatic heterocycles. The molecule has 2 aromatic rings. The van der Waals surface area contributed by atoms with Gasteiger partial charge < -0.3 is 4.90 Å². The van der Waals surface area contributed by atoms with Gasteiger partial charge in [0.25, 0.3) is 10.0 Å². The zero-order valence-electron chi connectivity index (χ0n) is 15.3. The SMILES string of the molecule is Cc1ccc(S(=O)(=O)N(CC(=O)N2CCCCC2)c2ccccc2F)cc1. The van der Waals surface area contributed by atoms with Gasteiger partial charge in [-0.25, -0.2) is 12.8 Å². The van der Waals surface area contributed by atoms with Gasteiger partial charge in [-0.2, -0.15) is 0 Å². The molecule has 1 aliphatic heterocycles. The number of piperidine rings is 1. The Labute approximate surface area is 159 Å². The third kappa shape index (κ3) is 4.30. The minimum atomic E-state index is -4.08. The molecule has 0 radical (unpaired) electrons. The van der Waals surface area contributed by atoms with Crippen LogP contribution in [0.2, 0.25) is 0 Å². The maximum atomic E-state index is 14.4. The molecule has 1 saturated heterocycles. The fourth-order valence-electron chi connectivity index (χ4n) is 3.16. The first-order chi connectivity index (χ1) is 12.9. The van der Waals surface area contributed by atoms with E-state index in [2.05, 4.69) is 0 Å². The lowest BCUT2D eigenvalue weighted by molar-refractivity contribution is -0.130. The Bertz CT molecular complexity index is 907. The molecule has 0 atom stereocenters. The van der Waals surface area contributed by atoms with Crippen LogP contribution < -0.4 is 4.31 Å². The van der Waals surface area contributed by atoms with Crippen molar-refractivity contribution in [2.45, 2.75) is 31.1 Å². The summed E-state index contributed by atoms with van der Waals surface area (Å²) in [5.74, 6) is -0.992. The van der Waals surface area contributed by atoms with E-state index < -0.39 is 22.4 Å². The Balaban J connectivity index is 1.98. The number of likely N-dealkylation sites (tertiary alicyclic amines) is 1. The number of amides is 1. The molecule has 0 aliphatic carbocycles. The summed E-state index contributed by atoms with van der Waals surface area (Å²) in [6.45, 7) is 2.64. The molecule has 1 aliphatic rings. The van der Waals surface area contributed by atoms with Crippen molar-refractivity contribution in [1.29, 1.82) is 0 Å². The van der Waals surface area contributed by atoms with E-state index in [4.69, 9.17) is 0 Å². The van der Waals surface area contributed by atoms with Gasteiger partial charge in [0.05, 0.1) is 10.6 Å². The Morgan fingerprint density at radius 2 is 1.67 bits per heavy atom. The van der Waals surface area contributed by atoms with Gasteiger partial charge >= 0.3 is 0 Å². The van der Waals surface area contributed by atoms with Gasteiger partial charge in [0.2, 0.25) is 5.91 Å². The summed E-state index contributed by atoms with van der Waals surface area (Å²) in [7, 11) is -4.08. The molecular weight excluding hydrogens is 367 g/mol. The van der Waals surface area contributed by atoms with Crippen LogP contribution in [0.15, 0.2) is 53.4 Å². The number of rotatable bonds is 5. The summed E-state index contributed by atoms with van der Waals surface area (Å²) in [6, 6.07) is 11.9. The number of hydrogen-bond donors (Lipinski definition) is 0. The number of anilines is 1. The van der Waals surface area contributed by atoms with Gasteiger partial charge in [0, 0.05) is 13.1 Å². The number of aryl methyl sites for hydroxylation is 1. The zero-order valence-corrected chi connectivity index (χ0v) is 16.1. The normalized spacial score (nSPS) is 14.8. The van der Waals surface area contributed by atoms with Gasteiger partial charge in [-0.05, 0) is 50.5 Å². The van der Waals surface area contributed by atoms with Crippen LogP contribution in [0.3, 0.4) is 0 Å². The number of sulfonamides is 1. The second kappa shape index (κ2) is 8.08. The molecule has 0 spiro atoms. The van der Waals surface area contributed by atoms with E-state index in [0.717, 1.165) is 29.1 Å². The van der Waals surface area contributed by atoms with Crippen LogP contribution >= 0.6 is 0 Å². The molecule has 3 rings (SSSR count). The smallest absolute Gasteiger partial charge is 0.264 e. The second-order valence-electron chi connectivity index (χ2n) is 6.72. The van der Waals surface area contributed by atoms with Gasteiger partial charge in [-0.15, -0.1) is 0 Å². The van der Waals surface area contributed by atoms with Crippen molar-refractivity contribution < 1.29 is 17.6 Å². The molecule has 1 fully saturated rings. The average molecular weight is 390 g/mol. The van der Waals surface area contributed by atoms with Crippen molar-refractivity contribution in [2.24, 2.45) is 0 Å². The van der Waals surface area contributed by atoms with Crippen LogP contribution in [0, 0.1) is 12.7 Å². The zero-order chi connectivity index (χ0) is 19.4. The standard InChI is InChI=1S/C20H23FN2O3S/c1-16-9-11-17(12-10-16)27(25,26)23(19-8-4-3-7-18(19)21)15-20(24)22-13-5-2-6-14-22/h3-4,7-12H,2,5-6,13-15H2,1H3. The monoisotopic (exact) mass is 390 g/mol. The maximum absolute atomic E-state index is 14.4. The maximum Gasteiger partial charge on any atom is 0.264 e. The predicted octanol–water partition coefficient (Wildman–Crippen LogP) is 3.34. The fourth-order valence-corrected chi connectivity index (χ4v) is 4.58. The van der Waals surface area contributed by atoms with E-state index >= 15 is 0 Å². The number of carbonyl (C=O) groups excluding carboxylic acids is 1. The summed E-state index contributed by atoms with van der Waals surface area (Å²) < 4.78 is 41.7. The largest absolute Gasteiger partial charge is 0.341 e. The summed E-state index contributed by atoms with van der Waals surface area (Å²) in [4.78, 5) is 14.4. The minimum Gasteiger partial charge on any atom is -0.341 e. The Hall–Kier alpha value is -2.41. The number of para-hydroxylation sites is 1. The van der Waals surface area contributed by atoms with Crippen molar-refractivity contribution >= 4 is 21.6 Å². The van der Waals surface area contributed by atoms with Crippen molar-refractivity contribution in [3.05, 3.63) is 59.9 Å². The predicted molar refractivity (Wildman–Crippen MR) is 103 cm³/mol. The van der Waals surface area contributed by atoms with Gasteiger partial charge in [-0.3, -0.25) is 9.10 Å². The average Bonchev–Trinajstić information content (AvgIpc) is 2.67. The fraction of sp³-hybridized carbons (Fsp3) is 0.350. The lowest BCUT2D eigenvalue weighted by Gasteiger charge is -2.30. The van der Waals surface area contributed by atoms with Gasteiger partial charge in [0.1, 0.15) is 12.4 Å². The Morgan fingerprint density at radius 3 is 2.30 bits per heavy atom. The van der Waals surface area contributed by atoms with E-state index in [1.54, 1.807) is 23.1 Å². The lowest BCUT2D eigenvalue weighted by Crippen LogP contribution is -2.45. The molecule has 0 N–H and O–H groups in total. The highest BCUT2D eigenvalue weighted by atomic mass is 32.2. The molecule has 1 heterocycles. The number of benzene rings is 2. The van der Waals surface area contributed by atoms with Crippen LogP contribution in [0.25, 0.3) is 0 Å². The van der Waals surface area contributed by atoms with Gasteiger partial charge in [-0.1, -0.05) is 29.8 Å².